The van der Waals surface area contributed by atoms with E-state index in [0.29, 0.717) is 12.1 Å². The van der Waals surface area contributed by atoms with E-state index in [9.17, 15) is 0 Å². The maximum atomic E-state index is 5.32. The summed E-state index contributed by atoms with van der Waals surface area (Å²) < 4.78 is 5.32. The number of nitrogens with zero attached hydrogens (tertiary/aromatic N) is 2. The fraction of sp³-hybridized carbons (Fsp3) is 0.600. The third-order valence-electron chi connectivity index (χ3n) is 3.62. The van der Waals surface area contributed by atoms with Crippen molar-refractivity contribution < 1.29 is 4.74 Å². The highest BCUT2D eigenvalue weighted by molar-refractivity contribution is 5.52. The first kappa shape index (κ1) is 14.2. The Labute approximate surface area is 116 Å². The van der Waals surface area contributed by atoms with E-state index < -0.39 is 0 Å². The van der Waals surface area contributed by atoms with Crippen LogP contribution >= 0.6 is 0 Å². The maximum Gasteiger partial charge on any atom is 0.120 e. The van der Waals surface area contributed by atoms with E-state index in [4.69, 9.17) is 4.74 Å². The number of anilines is 1. The van der Waals surface area contributed by atoms with Gasteiger partial charge in [0.15, 0.2) is 0 Å². The topological polar surface area (TPSA) is 27.7 Å². The van der Waals surface area contributed by atoms with Gasteiger partial charge in [0.2, 0.25) is 0 Å². The fourth-order valence-corrected chi connectivity index (χ4v) is 2.64. The third-order valence-corrected chi connectivity index (χ3v) is 3.62. The van der Waals surface area contributed by atoms with E-state index in [1.165, 1.54) is 5.69 Å². The van der Waals surface area contributed by atoms with Crippen LogP contribution in [0.25, 0.3) is 0 Å². The molecule has 1 aromatic rings. The van der Waals surface area contributed by atoms with Gasteiger partial charge < -0.3 is 19.9 Å². The quantitative estimate of drug-likeness (QED) is 0.889. The molecule has 2 atom stereocenters. The van der Waals surface area contributed by atoms with Crippen molar-refractivity contribution in [1.82, 2.24) is 10.2 Å². The van der Waals surface area contributed by atoms with Crippen molar-refractivity contribution in [2.75, 3.05) is 45.7 Å². The van der Waals surface area contributed by atoms with E-state index in [-0.39, 0.29) is 0 Å². The van der Waals surface area contributed by atoms with Crippen LogP contribution in [0.15, 0.2) is 24.3 Å². The SMILES string of the molecule is COc1cccc(N2CC(CN(C)C)NCC2C)c1. The molecule has 0 aromatic heterocycles. The summed E-state index contributed by atoms with van der Waals surface area (Å²) in [5, 5.41) is 3.61. The number of methoxy groups -OCH3 is 1. The molecule has 0 radical (unpaired) electrons. The minimum absolute atomic E-state index is 0.505. The van der Waals surface area contributed by atoms with Crippen molar-refractivity contribution in [3.8, 4) is 5.75 Å². The monoisotopic (exact) mass is 263 g/mol. The third kappa shape index (κ3) is 3.61. The summed E-state index contributed by atoms with van der Waals surface area (Å²) in [5.74, 6) is 0.924. The van der Waals surface area contributed by atoms with E-state index in [0.717, 1.165) is 25.4 Å². The molecule has 2 unspecified atom stereocenters. The van der Waals surface area contributed by atoms with E-state index in [1.807, 2.05) is 6.07 Å². The van der Waals surface area contributed by atoms with Crippen LogP contribution < -0.4 is 15.0 Å². The number of piperazine rings is 1. The van der Waals surface area contributed by atoms with Gasteiger partial charge in [-0.15, -0.1) is 0 Å². The van der Waals surface area contributed by atoms with Gasteiger partial charge in [-0.3, -0.25) is 0 Å². The summed E-state index contributed by atoms with van der Waals surface area (Å²) in [4.78, 5) is 4.70. The molecule has 0 amide bonds. The number of hydrogen-bond donors (Lipinski definition) is 1. The minimum Gasteiger partial charge on any atom is -0.497 e. The zero-order chi connectivity index (χ0) is 13.8. The number of likely N-dealkylation sites (N-methyl/N-ethyl adjacent to an activating group) is 1. The first-order chi connectivity index (χ1) is 9.10. The zero-order valence-corrected chi connectivity index (χ0v) is 12.4. The van der Waals surface area contributed by atoms with Gasteiger partial charge in [0.05, 0.1) is 7.11 Å². The molecular weight excluding hydrogens is 238 g/mol. The summed E-state index contributed by atoms with van der Waals surface area (Å²) in [6, 6.07) is 9.35. The predicted octanol–water partition coefficient (Wildman–Crippen LogP) is 1.42. The molecule has 1 heterocycles. The lowest BCUT2D eigenvalue weighted by Gasteiger charge is -2.41. The number of ether oxygens (including phenoxy) is 1. The number of rotatable bonds is 4. The van der Waals surface area contributed by atoms with Crippen molar-refractivity contribution in [2.45, 2.75) is 19.0 Å². The van der Waals surface area contributed by atoms with Crippen molar-refractivity contribution in [3.05, 3.63) is 24.3 Å². The van der Waals surface area contributed by atoms with E-state index in [1.54, 1.807) is 7.11 Å². The molecular formula is C15H25N3O. The molecule has 0 bridgehead atoms. The Morgan fingerprint density at radius 3 is 2.89 bits per heavy atom. The summed E-state index contributed by atoms with van der Waals surface area (Å²) in [6.07, 6.45) is 0. The molecule has 0 spiro atoms. The number of benzene rings is 1. The normalized spacial score (nSPS) is 23.7. The van der Waals surface area contributed by atoms with Crippen LogP contribution in [0.5, 0.6) is 5.75 Å². The van der Waals surface area contributed by atoms with Gasteiger partial charge in [0.25, 0.3) is 0 Å². The van der Waals surface area contributed by atoms with E-state index in [2.05, 4.69) is 54.3 Å². The zero-order valence-electron chi connectivity index (χ0n) is 12.4. The first-order valence-electron chi connectivity index (χ1n) is 6.89. The molecule has 1 aliphatic rings. The molecule has 106 valence electrons. The molecule has 1 aliphatic heterocycles. The first-order valence-corrected chi connectivity index (χ1v) is 6.89. The highest BCUT2D eigenvalue weighted by atomic mass is 16.5. The average molecular weight is 263 g/mol. The van der Waals surface area contributed by atoms with Crippen LogP contribution in [0.4, 0.5) is 5.69 Å². The molecule has 4 heteroatoms. The van der Waals surface area contributed by atoms with Crippen LogP contribution in [0, 0.1) is 0 Å². The van der Waals surface area contributed by atoms with Crippen molar-refractivity contribution in [2.24, 2.45) is 0 Å². The van der Waals surface area contributed by atoms with Gasteiger partial charge in [-0.1, -0.05) is 6.07 Å². The van der Waals surface area contributed by atoms with Crippen molar-refractivity contribution in [3.63, 3.8) is 0 Å². The Balaban J connectivity index is 2.11. The maximum absolute atomic E-state index is 5.32. The highest BCUT2D eigenvalue weighted by Gasteiger charge is 2.25. The second kappa shape index (κ2) is 6.26. The lowest BCUT2D eigenvalue weighted by Crippen LogP contribution is -2.58. The second-order valence-electron chi connectivity index (χ2n) is 5.57. The predicted molar refractivity (Wildman–Crippen MR) is 80.1 cm³/mol. The second-order valence-corrected chi connectivity index (χ2v) is 5.57. The summed E-state index contributed by atoms with van der Waals surface area (Å²) >= 11 is 0. The average Bonchev–Trinajstić information content (AvgIpc) is 2.40. The van der Waals surface area contributed by atoms with Crippen LogP contribution in [-0.4, -0.2) is 57.8 Å². The summed E-state index contributed by atoms with van der Waals surface area (Å²) in [5.41, 5.74) is 1.25. The fourth-order valence-electron chi connectivity index (χ4n) is 2.64. The lowest BCUT2D eigenvalue weighted by molar-refractivity contribution is 0.306. The molecule has 4 nitrogen and oxygen atoms in total. The Bertz CT molecular complexity index is 408. The Kier molecular flexibility index (Phi) is 4.66. The van der Waals surface area contributed by atoms with Gasteiger partial charge in [-0.05, 0) is 33.2 Å². The summed E-state index contributed by atoms with van der Waals surface area (Å²) in [7, 11) is 5.96. The van der Waals surface area contributed by atoms with Crippen molar-refractivity contribution >= 4 is 5.69 Å². The Morgan fingerprint density at radius 1 is 1.42 bits per heavy atom. The van der Waals surface area contributed by atoms with Gasteiger partial charge in [-0.2, -0.15) is 0 Å². The lowest BCUT2D eigenvalue weighted by atomic mass is 10.1. The molecule has 1 fully saturated rings. The number of nitrogens with one attached hydrogen (secondary N) is 1. The molecule has 2 rings (SSSR count). The highest BCUT2D eigenvalue weighted by Crippen LogP contribution is 2.24. The Morgan fingerprint density at radius 2 is 2.21 bits per heavy atom. The summed E-state index contributed by atoms with van der Waals surface area (Å²) in [6.45, 7) is 5.38. The molecule has 1 aromatic carbocycles. The molecule has 0 saturated carbocycles. The molecule has 1 N–H and O–H groups in total. The van der Waals surface area contributed by atoms with Crippen LogP contribution in [0.1, 0.15) is 6.92 Å². The minimum atomic E-state index is 0.505. The van der Waals surface area contributed by atoms with Gasteiger partial charge in [0, 0.05) is 43.5 Å². The van der Waals surface area contributed by atoms with Crippen LogP contribution in [-0.2, 0) is 0 Å². The molecule has 19 heavy (non-hydrogen) atoms. The Hall–Kier alpha value is -1.26. The molecule has 1 saturated heterocycles. The largest absolute Gasteiger partial charge is 0.497 e. The van der Waals surface area contributed by atoms with Gasteiger partial charge >= 0.3 is 0 Å². The van der Waals surface area contributed by atoms with Gasteiger partial charge in [0.1, 0.15) is 5.75 Å². The smallest absolute Gasteiger partial charge is 0.120 e. The van der Waals surface area contributed by atoms with E-state index >= 15 is 0 Å². The van der Waals surface area contributed by atoms with Crippen LogP contribution in [0.2, 0.25) is 0 Å². The molecule has 0 aliphatic carbocycles. The van der Waals surface area contributed by atoms with Gasteiger partial charge in [-0.25, -0.2) is 0 Å². The number of hydrogen-bond acceptors (Lipinski definition) is 4. The standard InChI is InChI=1S/C15H25N3O/c1-12-9-16-13(10-17(2)3)11-18(12)14-6-5-7-15(8-14)19-4/h5-8,12-13,16H,9-11H2,1-4H3. The van der Waals surface area contributed by atoms with Crippen molar-refractivity contribution in [1.29, 1.82) is 0 Å². The van der Waals surface area contributed by atoms with Crippen LogP contribution in [0.3, 0.4) is 0 Å².